The molecule has 21 heavy (non-hydrogen) atoms. The van der Waals surface area contributed by atoms with Gasteiger partial charge >= 0.3 is 0 Å². The topological polar surface area (TPSA) is 15.3 Å². The van der Waals surface area contributed by atoms with E-state index in [2.05, 4.69) is 78.7 Å². The highest BCUT2D eigenvalue weighted by atomic mass is 15.2. The van der Waals surface area contributed by atoms with Crippen LogP contribution in [0.3, 0.4) is 0 Å². The van der Waals surface area contributed by atoms with Crippen LogP contribution in [-0.2, 0) is 0 Å². The fourth-order valence-corrected chi connectivity index (χ4v) is 3.19. The number of hydrogen-bond acceptors (Lipinski definition) is 2. The fraction of sp³-hybridized carbons (Fsp3) is 0.368. The smallest absolute Gasteiger partial charge is 0.0499 e. The van der Waals surface area contributed by atoms with Crippen molar-refractivity contribution in [1.29, 1.82) is 0 Å². The Balaban J connectivity index is 1.85. The minimum Gasteiger partial charge on any atom is -0.365 e. The highest BCUT2D eigenvalue weighted by molar-refractivity contribution is 5.50. The molecule has 0 aliphatic carbocycles. The Morgan fingerprint density at radius 1 is 1.10 bits per heavy atom. The minimum atomic E-state index is 0.412. The molecule has 1 heterocycles. The predicted octanol–water partition coefficient (Wildman–Crippen LogP) is 3.92. The maximum Gasteiger partial charge on any atom is 0.0499 e. The van der Waals surface area contributed by atoms with E-state index in [0.717, 1.165) is 13.1 Å². The molecule has 2 nitrogen and oxygen atoms in total. The molecule has 0 spiro atoms. The average Bonchev–Trinajstić information content (AvgIpc) is 2.55. The summed E-state index contributed by atoms with van der Waals surface area (Å²) < 4.78 is 0. The van der Waals surface area contributed by atoms with Crippen LogP contribution >= 0.6 is 0 Å². The Labute approximate surface area is 127 Å². The lowest BCUT2D eigenvalue weighted by Gasteiger charge is -2.42. The van der Waals surface area contributed by atoms with Gasteiger partial charge in [0.05, 0.1) is 0 Å². The molecule has 2 aromatic carbocycles. The minimum absolute atomic E-state index is 0.412. The normalized spacial score (nSPS) is 22.3. The molecule has 3 rings (SSSR count). The van der Waals surface area contributed by atoms with Gasteiger partial charge in [-0.3, -0.25) is 0 Å². The summed E-state index contributed by atoms with van der Waals surface area (Å²) in [6, 6.07) is 20.6. The molecule has 2 aromatic rings. The number of benzene rings is 2. The van der Waals surface area contributed by atoms with Crippen LogP contribution in [0.15, 0.2) is 54.6 Å². The lowest BCUT2D eigenvalue weighted by atomic mass is 9.99. The Morgan fingerprint density at radius 2 is 1.90 bits per heavy atom. The second kappa shape index (κ2) is 6.31. The summed E-state index contributed by atoms with van der Waals surface area (Å²) in [7, 11) is 0. The Hall–Kier alpha value is -1.80. The van der Waals surface area contributed by atoms with Crippen molar-refractivity contribution >= 4 is 5.69 Å². The van der Waals surface area contributed by atoms with E-state index in [1.54, 1.807) is 0 Å². The van der Waals surface area contributed by atoms with Gasteiger partial charge in [0.1, 0.15) is 0 Å². The molecule has 0 radical (unpaired) electrons. The van der Waals surface area contributed by atoms with Gasteiger partial charge in [-0.1, -0.05) is 49.4 Å². The van der Waals surface area contributed by atoms with Gasteiger partial charge in [0.15, 0.2) is 0 Å². The van der Waals surface area contributed by atoms with Crippen LogP contribution in [0.2, 0.25) is 0 Å². The largest absolute Gasteiger partial charge is 0.365 e. The second-order valence-corrected chi connectivity index (χ2v) is 5.92. The fourth-order valence-electron chi connectivity index (χ4n) is 3.19. The number of aryl methyl sites for hydroxylation is 1. The number of anilines is 1. The summed E-state index contributed by atoms with van der Waals surface area (Å²) in [5.41, 5.74) is 4.06. The van der Waals surface area contributed by atoms with E-state index in [1.807, 2.05) is 0 Å². The van der Waals surface area contributed by atoms with Crippen LogP contribution in [0.1, 0.15) is 30.5 Å². The average molecular weight is 280 g/mol. The van der Waals surface area contributed by atoms with Crippen LogP contribution in [-0.4, -0.2) is 19.1 Å². The van der Waals surface area contributed by atoms with Gasteiger partial charge in [0.25, 0.3) is 0 Å². The van der Waals surface area contributed by atoms with Crippen LogP contribution in [0, 0.1) is 6.92 Å². The van der Waals surface area contributed by atoms with Crippen LogP contribution < -0.4 is 10.2 Å². The van der Waals surface area contributed by atoms with Crippen LogP contribution in [0.25, 0.3) is 0 Å². The summed E-state index contributed by atoms with van der Waals surface area (Å²) in [6.07, 6.45) is 1.17. The van der Waals surface area contributed by atoms with E-state index in [9.17, 15) is 0 Å². The first-order valence-electron chi connectivity index (χ1n) is 7.89. The quantitative estimate of drug-likeness (QED) is 0.916. The second-order valence-electron chi connectivity index (χ2n) is 5.92. The molecule has 1 aliphatic heterocycles. The predicted molar refractivity (Wildman–Crippen MR) is 89.8 cm³/mol. The number of piperazine rings is 1. The molecule has 1 saturated heterocycles. The van der Waals surface area contributed by atoms with Crippen molar-refractivity contribution in [2.45, 2.75) is 32.4 Å². The molecule has 0 amide bonds. The summed E-state index contributed by atoms with van der Waals surface area (Å²) in [4.78, 5) is 2.57. The molecule has 0 saturated carbocycles. The standard InChI is InChI=1S/C19H24N2/c1-3-17-13-20-19(16-9-5-4-6-10-16)14-21(17)18-11-7-8-15(2)12-18/h4-12,17,19-20H,3,13-14H2,1-2H3. The molecular weight excluding hydrogens is 256 g/mol. The molecular formula is C19H24N2. The monoisotopic (exact) mass is 280 g/mol. The van der Waals surface area contributed by atoms with Crippen molar-refractivity contribution in [2.75, 3.05) is 18.0 Å². The number of hydrogen-bond donors (Lipinski definition) is 1. The van der Waals surface area contributed by atoms with Crippen molar-refractivity contribution in [1.82, 2.24) is 5.32 Å². The number of rotatable bonds is 3. The van der Waals surface area contributed by atoms with Crippen molar-refractivity contribution in [3.8, 4) is 0 Å². The molecule has 0 bridgehead atoms. The first kappa shape index (κ1) is 14.2. The van der Waals surface area contributed by atoms with Gasteiger partial charge in [-0.05, 0) is 36.6 Å². The van der Waals surface area contributed by atoms with Crippen molar-refractivity contribution in [3.63, 3.8) is 0 Å². The third-order valence-electron chi connectivity index (χ3n) is 4.43. The molecule has 1 fully saturated rings. The van der Waals surface area contributed by atoms with Gasteiger partial charge in [-0.2, -0.15) is 0 Å². The Morgan fingerprint density at radius 3 is 2.62 bits per heavy atom. The van der Waals surface area contributed by atoms with Crippen LogP contribution in [0.4, 0.5) is 5.69 Å². The zero-order valence-corrected chi connectivity index (χ0v) is 12.9. The molecule has 2 unspecified atom stereocenters. The maximum absolute atomic E-state index is 3.71. The van der Waals surface area contributed by atoms with Gasteiger partial charge in [0, 0.05) is 30.9 Å². The lowest BCUT2D eigenvalue weighted by Crippen LogP contribution is -2.52. The van der Waals surface area contributed by atoms with E-state index in [-0.39, 0.29) is 0 Å². The zero-order chi connectivity index (χ0) is 14.7. The van der Waals surface area contributed by atoms with Crippen molar-refractivity contribution in [3.05, 3.63) is 65.7 Å². The van der Waals surface area contributed by atoms with Crippen molar-refractivity contribution in [2.24, 2.45) is 0 Å². The van der Waals surface area contributed by atoms with E-state index < -0.39 is 0 Å². The van der Waals surface area contributed by atoms with E-state index in [1.165, 1.54) is 23.2 Å². The summed E-state index contributed by atoms with van der Waals surface area (Å²) >= 11 is 0. The Kier molecular flexibility index (Phi) is 4.26. The third kappa shape index (κ3) is 3.11. The highest BCUT2D eigenvalue weighted by Crippen LogP contribution is 2.27. The first-order valence-corrected chi connectivity index (χ1v) is 7.89. The summed E-state index contributed by atoms with van der Waals surface area (Å²) in [5.74, 6) is 0. The first-order chi connectivity index (χ1) is 10.3. The van der Waals surface area contributed by atoms with Crippen LogP contribution in [0.5, 0.6) is 0 Å². The van der Waals surface area contributed by atoms with Crippen molar-refractivity contribution < 1.29 is 0 Å². The lowest BCUT2D eigenvalue weighted by molar-refractivity contribution is 0.393. The molecule has 110 valence electrons. The number of nitrogens with one attached hydrogen (secondary N) is 1. The summed E-state index contributed by atoms with van der Waals surface area (Å²) in [6.45, 7) is 6.52. The SMILES string of the molecule is CCC1CNC(c2ccccc2)CN1c1cccc(C)c1. The zero-order valence-electron chi connectivity index (χ0n) is 12.9. The third-order valence-corrected chi connectivity index (χ3v) is 4.43. The van der Waals surface area contributed by atoms with Gasteiger partial charge in [0.2, 0.25) is 0 Å². The molecule has 2 heteroatoms. The van der Waals surface area contributed by atoms with Gasteiger partial charge in [-0.25, -0.2) is 0 Å². The maximum atomic E-state index is 3.71. The highest BCUT2D eigenvalue weighted by Gasteiger charge is 2.27. The summed E-state index contributed by atoms with van der Waals surface area (Å²) in [5, 5.41) is 3.71. The van der Waals surface area contributed by atoms with Gasteiger partial charge in [-0.15, -0.1) is 0 Å². The van der Waals surface area contributed by atoms with E-state index >= 15 is 0 Å². The molecule has 1 N–H and O–H groups in total. The Bertz CT molecular complexity index is 579. The number of nitrogens with zero attached hydrogens (tertiary/aromatic N) is 1. The molecule has 0 aromatic heterocycles. The van der Waals surface area contributed by atoms with Gasteiger partial charge < -0.3 is 10.2 Å². The molecule has 1 aliphatic rings. The van der Waals surface area contributed by atoms with E-state index in [0.29, 0.717) is 12.1 Å². The van der Waals surface area contributed by atoms with E-state index in [4.69, 9.17) is 0 Å². The molecule has 2 atom stereocenters.